The van der Waals surface area contributed by atoms with Crippen molar-refractivity contribution in [2.45, 2.75) is 44.2 Å². The van der Waals surface area contributed by atoms with Crippen LogP contribution in [0.25, 0.3) is 11.3 Å². The summed E-state index contributed by atoms with van der Waals surface area (Å²) in [5.41, 5.74) is 3.32. The number of esters is 1. The van der Waals surface area contributed by atoms with Crippen molar-refractivity contribution < 1.29 is 9.53 Å². The number of hydrogen-bond donors (Lipinski definition) is 2. The number of cyclic esters (lactones) is 1. The molecule has 0 amide bonds. The Labute approximate surface area is 198 Å². The van der Waals surface area contributed by atoms with Crippen LogP contribution in [0.15, 0.2) is 48.9 Å². The highest BCUT2D eigenvalue weighted by Crippen LogP contribution is 2.36. The van der Waals surface area contributed by atoms with E-state index in [1.807, 2.05) is 41.2 Å². The van der Waals surface area contributed by atoms with Gasteiger partial charge in [0.1, 0.15) is 12.6 Å². The minimum atomic E-state index is -0.437. The summed E-state index contributed by atoms with van der Waals surface area (Å²) in [6.07, 6.45) is 10.7. The van der Waals surface area contributed by atoms with Crippen LogP contribution in [0, 0.1) is 17.2 Å². The van der Waals surface area contributed by atoms with Crippen molar-refractivity contribution in [1.29, 1.82) is 5.26 Å². The average molecular weight is 458 g/mol. The van der Waals surface area contributed by atoms with Crippen molar-refractivity contribution in [2.75, 3.05) is 18.5 Å². The number of nitrogens with zero attached hydrogens (tertiary/aromatic N) is 5. The Balaban J connectivity index is 1.29. The number of anilines is 2. The first-order valence-corrected chi connectivity index (χ1v) is 11.7. The Bertz CT molecular complexity index is 1180. The van der Waals surface area contributed by atoms with Gasteiger partial charge in [0.25, 0.3) is 0 Å². The summed E-state index contributed by atoms with van der Waals surface area (Å²) in [4.78, 5) is 20.9. The molecule has 0 spiro atoms. The number of nitriles is 1. The van der Waals surface area contributed by atoms with E-state index in [-0.39, 0.29) is 12.0 Å². The molecule has 2 unspecified atom stereocenters. The first-order chi connectivity index (χ1) is 16.7. The van der Waals surface area contributed by atoms with Crippen molar-refractivity contribution >= 4 is 17.6 Å². The zero-order valence-corrected chi connectivity index (χ0v) is 18.9. The molecular weight excluding hydrogens is 430 g/mol. The lowest BCUT2D eigenvalue weighted by Gasteiger charge is -2.22. The van der Waals surface area contributed by atoms with E-state index in [1.165, 1.54) is 12.8 Å². The van der Waals surface area contributed by atoms with Crippen LogP contribution in [-0.2, 0) is 9.53 Å². The molecule has 1 saturated heterocycles. The second-order valence-corrected chi connectivity index (χ2v) is 8.75. The summed E-state index contributed by atoms with van der Waals surface area (Å²) in [6.45, 7) is 1.05. The molecule has 0 radical (unpaired) electrons. The summed E-state index contributed by atoms with van der Waals surface area (Å²) in [7, 11) is 0. The quantitative estimate of drug-likeness (QED) is 0.513. The Kier molecular flexibility index (Phi) is 6.49. The number of carbonyl (C=O) groups excluding carboxylic acids is 1. The molecule has 2 atom stereocenters. The molecule has 1 aromatic carbocycles. The maximum atomic E-state index is 12.0. The first-order valence-electron chi connectivity index (χ1n) is 11.7. The fourth-order valence-electron chi connectivity index (χ4n) is 4.81. The number of aromatic nitrogens is 4. The van der Waals surface area contributed by atoms with Crippen molar-refractivity contribution in [3.63, 3.8) is 0 Å². The van der Waals surface area contributed by atoms with Crippen LogP contribution in [0.5, 0.6) is 0 Å². The number of benzene rings is 1. The third-order valence-corrected chi connectivity index (χ3v) is 6.57. The maximum Gasteiger partial charge on any atom is 0.327 e. The number of hydrogen-bond acceptors (Lipinski definition) is 8. The maximum absolute atomic E-state index is 12.0. The molecule has 2 aromatic heterocycles. The topological polar surface area (TPSA) is 118 Å². The van der Waals surface area contributed by atoms with Crippen LogP contribution in [0.4, 0.5) is 11.6 Å². The highest BCUT2D eigenvalue weighted by molar-refractivity contribution is 5.78. The normalized spacial score (nSPS) is 19.4. The highest BCUT2D eigenvalue weighted by atomic mass is 16.5. The van der Waals surface area contributed by atoms with Gasteiger partial charge in [0.15, 0.2) is 0 Å². The van der Waals surface area contributed by atoms with Gasteiger partial charge in [0.2, 0.25) is 5.95 Å². The van der Waals surface area contributed by atoms with Gasteiger partial charge in [0, 0.05) is 30.2 Å². The first kappa shape index (κ1) is 22.0. The number of carbonyl (C=O) groups is 1. The smallest absolute Gasteiger partial charge is 0.327 e. The lowest BCUT2D eigenvalue weighted by Crippen LogP contribution is -2.38. The van der Waals surface area contributed by atoms with E-state index >= 15 is 0 Å². The third-order valence-electron chi connectivity index (χ3n) is 6.57. The van der Waals surface area contributed by atoms with Gasteiger partial charge < -0.3 is 10.1 Å². The molecule has 0 bridgehead atoms. The monoisotopic (exact) mass is 457 g/mol. The molecule has 5 rings (SSSR count). The van der Waals surface area contributed by atoms with E-state index in [0.717, 1.165) is 35.3 Å². The van der Waals surface area contributed by atoms with E-state index < -0.39 is 6.04 Å². The van der Waals surface area contributed by atoms with E-state index in [2.05, 4.69) is 31.8 Å². The van der Waals surface area contributed by atoms with Crippen LogP contribution in [0.3, 0.4) is 0 Å². The van der Waals surface area contributed by atoms with Gasteiger partial charge in [-0.1, -0.05) is 25.0 Å². The van der Waals surface area contributed by atoms with Gasteiger partial charge in [-0.05, 0) is 42.5 Å². The van der Waals surface area contributed by atoms with Crippen LogP contribution in [0.1, 0.15) is 49.8 Å². The van der Waals surface area contributed by atoms with Gasteiger partial charge in [-0.3, -0.25) is 10.00 Å². The van der Waals surface area contributed by atoms with Crippen LogP contribution < -0.4 is 10.6 Å². The highest BCUT2D eigenvalue weighted by Gasteiger charge is 2.27. The van der Waals surface area contributed by atoms with Gasteiger partial charge >= 0.3 is 5.97 Å². The standard InChI is InChI=1S/C25H27N7O2/c26-11-9-22(17-3-1-2-4-17)32-16-19(15-29-32)21-10-12-28-25(31-21)30-20-7-5-18(6-8-20)23-24(33)34-14-13-27-23/h5-8,10,12,15-17,22-23,27H,1-4,9,13-14H2,(H,28,30,31). The summed E-state index contributed by atoms with van der Waals surface area (Å²) in [5, 5.41) is 20.3. The lowest BCUT2D eigenvalue weighted by atomic mass is 9.96. The Hall–Kier alpha value is -3.77. The molecule has 2 N–H and O–H groups in total. The number of ether oxygens (including phenoxy) is 1. The third kappa shape index (κ3) is 4.77. The Morgan fingerprint density at radius 3 is 2.82 bits per heavy atom. The number of morpholine rings is 1. The molecule has 9 heteroatoms. The number of nitrogens with one attached hydrogen (secondary N) is 2. The van der Waals surface area contributed by atoms with E-state index in [1.54, 1.807) is 12.4 Å². The average Bonchev–Trinajstić information content (AvgIpc) is 3.57. The molecule has 3 heterocycles. The van der Waals surface area contributed by atoms with Gasteiger partial charge in [-0.15, -0.1) is 0 Å². The molecule has 2 fully saturated rings. The summed E-state index contributed by atoms with van der Waals surface area (Å²) >= 11 is 0. The molecule has 1 aliphatic heterocycles. The summed E-state index contributed by atoms with van der Waals surface area (Å²) in [5.74, 6) is 0.717. The zero-order chi connectivity index (χ0) is 23.3. The Morgan fingerprint density at radius 2 is 2.06 bits per heavy atom. The fraction of sp³-hybridized carbons (Fsp3) is 0.400. The molecule has 2 aliphatic rings. The van der Waals surface area contributed by atoms with Crippen molar-refractivity contribution in [3.8, 4) is 17.3 Å². The second-order valence-electron chi connectivity index (χ2n) is 8.75. The minimum absolute atomic E-state index is 0.107. The second kappa shape index (κ2) is 10.0. The predicted molar refractivity (Wildman–Crippen MR) is 126 cm³/mol. The summed E-state index contributed by atoms with van der Waals surface area (Å²) < 4.78 is 7.06. The molecule has 34 heavy (non-hydrogen) atoms. The lowest BCUT2D eigenvalue weighted by molar-refractivity contribution is -0.149. The molecule has 3 aromatic rings. The SMILES string of the molecule is N#CCC(C1CCCC1)n1cc(-c2ccnc(Nc3ccc(C4NCCOC4=O)cc3)n2)cn1. The van der Waals surface area contributed by atoms with E-state index in [9.17, 15) is 10.1 Å². The van der Waals surface area contributed by atoms with Crippen molar-refractivity contribution in [1.82, 2.24) is 25.1 Å². The van der Waals surface area contributed by atoms with Crippen molar-refractivity contribution in [3.05, 3.63) is 54.5 Å². The fourth-order valence-corrected chi connectivity index (χ4v) is 4.81. The van der Waals surface area contributed by atoms with E-state index in [4.69, 9.17) is 4.74 Å². The van der Waals surface area contributed by atoms with Crippen LogP contribution in [0.2, 0.25) is 0 Å². The molecule has 1 aliphatic carbocycles. The molecule has 9 nitrogen and oxygen atoms in total. The summed E-state index contributed by atoms with van der Waals surface area (Å²) in [6, 6.07) is 11.4. The Morgan fingerprint density at radius 1 is 1.24 bits per heavy atom. The van der Waals surface area contributed by atoms with Crippen LogP contribution >= 0.6 is 0 Å². The predicted octanol–water partition coefficient (Wildman–Crippen LogP) is 3.92. The van der Waals surface area contributed by atoms with Gasteiger partial charge in [-0.25, -0.2) is 14.8 Å². The van der Waals surface area contributed by atoms with Crippen LogP contribution in [-0.4, -0.2) is 38.9 Å². The molecular formula is C25H27N7O2. The molecule has 1 saturated carbocycles. The largest absolute Gasteiger partial charge is 0.463 e. The van der Waals surface area contributed by atoms with E-state index in [0.29, 0.717) is 31.4 Å². The van der Waals surface area contributed by atoms with Crippen molar-refractivity contribution in [2.24, 2.45) is 5.92 Å². The number of rotatable bonds is 7. The zero-order valence-electron chi connectivity index (χ0n) is 18.9. The van der Waals surface area contributed by atoms with Gasteiger partial charge in [-0.2, -0.15) is 10.4 Å². The van der Waals surface area contributed by atoms with Gasteiger partial charge in [0.05, 0.1) is 30.4 Å². The minimum Gasteiger partial charge on any atom is -0.463 e. The molecule has 174 valence electrons.